The Morgan fingerprint density at radius 3 is 1.00 bits per heavy atom. The number of unbranched alkanes of at least 4 members (excludes halogenated alkanes) is 43. The number of aliphatic hydroxyl groups excluding tert-OH is 3. The molecule has 1 fully saturated rings. The van der Waals surface area contributed by atoms with E-state index in [4.69, 9.17) is 18.9 Å². The van der Waals surface area contributed by atoms with Gasteiger partial charge in [-0.1, -0.05) is 290 Å². The smallest absolute Gasteiger partial charge is 0.306 e. The summed E-state index contributed by atoms with van der Waals surface area (Å²) < 4.78 is 54.5. The minimum Gasteiger partial charge on any atom is -0.462 e. The highest BCUT2D eigenvalue weighted by Gasteiger charge is 2.46. The monoisotopic (exact) mass is 1060 g/mol. The molecule has 0 saturated carbocycles. The molecule has 0 aliphatic carbocycles. The summed E-state index contributed by atoms with van der Waals surface area (Å²) in [6.07, 6.45) is 48.7. The van der Waals surface area contributed by atoms with Crippen molar-refractivity contribution in [1.29, 1.82) is 0 Å². The van der Waals surface area contributed by atoms with Gasteiger partial charge in [-0.15, -0.1) is 0 Å². The van der Waals surface area contributed by atoms with E-state index in [1.807, 2.05) is 0 Å². The van der Waals surface area contributed by atoms with Crippen molar-refractivity contribution in [3.63, 3.8) is 0 Å². The van der Waals surface area contributed by atoms with Crippen LogP contribution in [-0.2, 0) is 38.7 Å². The van der Waals surface area contributed by atoms with Gasteiger partial charge in [0, 0.05) is 12.8 Å². The largest absolute Gasteiger partial charge is 0.462 e. The lowest BCUT2D eigenvalue weighted by Crippen LogP contribution is -2.60. The average Bonchev–Trinajstić information content (AvgIpc) is 3.36. The lowest BCUT2D eigenvalue weighted by molar-refractivity contribution is -0.297. The molecule has 1 aliphatic heterocycles. The first-order valence-electron chi connectivity index (χ1n) is 31.1. The Hall–Kier alpha value is -1.35. The van der Waals surface area contributed by atoms with Crippen molar-refractivity contribution >= 4 is 22.1 Å². The second-order valence-electron chi connectivity index (χ2n) is 22.1. The molecule has 1 saturated heterocycles. The Morgan fingerprint density at radius 1 is 0.411 bits per heavy atom. The lowest BCUT2D eigenvalue weighted by atomic mass is 10.00. The number of ether oxygens (including phenoxy) is 4. The Bertz CT molecular complexity index is 1330. The van der Waals surface area contributed by atoms with Crippen LogP contribution in [0, 0.1) is 0 Å². The van der Waals surface area contributed by atoms with Gasteiger partial charge in [0.1, 0.15) is 36.8 Å². The normalized spacial score (nSPS) is 18.6. The summed E-state index contributed by atoms with van der Waals surface area (Å²) in [6.45, 7) is 3.85. The van der Waals surface area contributed by atoms with Crippen LogP contribution in [0.3, 0.4) is 0 Å². The second-order valence-corrected chi connectivity index (χ2v) is 23.6. The van der Waals surface area contributed by atoms with Crippen LogP contribution in [0.5, 0.6) is 0 Å². The number of carbonyl (C=O) groups excluding carboxylic acids is 2. The summed E-state index contributed by atoms with van der Waals surface area (Å²) in [4.78, 5) is 25.7. The number of carbonyl (C=O) groups is 2. The molecule has 1 aliphatic rings. The molecule has 1 rings (SSSR count). The van der Waals surface area contributed by atoms with Crippen LogP contribution in [0.25, 0.3) is 0 Å². The maximum Gasteiger partial charge on any atom is 0.306 e. The maximum absolute atomic E-state index is 12.9. The van der Waals surface area contributed by atoms with Crippen molar-refractivity contribution in [2.24, 2.45) is 0 Å². The predicted octanol–water partition coefficient (Wildman–Crippen LogP) is 15.5. The molecule has 6 unspecified atom stereocenters. The zero-order chi connectivity index (χ0) is 53.3. The van der Waals surface area contributed by atoms with Crippen LogP contribution in [0.15, 0.2) is 0 Å². The van der Waals surface area contributed by atoms with Gasteiger partial charge in [-0.05, 0) is 12.8 Å². The van der Waals surface area contributed by atoms with Gasteiger partial charge >= 0.3 is 11.9 Å². The van der Waals surface area contributed by atoms with Gasteiger partial charge in [-0.3, -0.25) is 14.1 Å². The first kappa shape index (κ1) is 69.7. The summed E-state index contributed by atoms with van der Waals surface area (Å²) in [6, 6.07) is 0. The molecule has 0 radical (unpaired) electrons. The molecule has 12 nitrogen and oxygen atoms in total. The molecule has 434 valence electrons. The summed E-state index contributed by atoms with van der Waals surface area (Å²) in [5.74, 6) is -1.95. The van der Waals surface area contributed by atoms with E-state index in [1.54, 1.807) is 0 Å². The topological polar surface area (TPSA) is 186 Å². The highest BCUT2D eigenvalue weighted by Crippen LogP contribution is 2.24. The van der Waals surface area contributed by atoms with Crippen LogP contribution in [-0.4, -0.2) is 96.0 Å². The molecule has 73 heavy (non-hydrogen) atoms. The Kier molecular flexibility index (Phi) is 47.9. The van der Waals surface area contributed by atoms with E-state index >= 15 is 0 Å². The summed E-state index contributed by atoms with van der Waals surface area (Å²) in [7, 11) is -4.60. The number of hydrogen-bond donors (Lipinski definition) is 4. The highest BCUT2D eigenvalue weighted by molar-refractivity contribution is 7.85. The Balaban J connectivity index is 2.25. The molecule has 6 atom stereocenters. The third kappa shape index (κ3) is 44.3. The fourth-order valence-corrected chi connectivity index (χ4v) is 10.8. The van der Waals surface area contributed by atoms with Crippen molar-refractivity contribution in [2.45, 2.75) is 352 Å². The molecule has 0 bridgehead atoms. The standard InChI is InChI=1S/C60H116O12S/c1-3-5-7-9-11-13-15-17-19-21-23-25-27-29-31-33-35-37-39-41-43-45-47-49-56(62)71-53(51-70-60-59(65)58(64)57(63)54(72-60)52-73(66,67)68)50-69-55(61)48-46-44-42-40-38-36-34-32-30-28-26-24-22-20-18-16-14-12-10-8-6-4-2/h53-54,57-60,63-65H,3-52H2,1-2H3,(H,66,67,68). The summed E-state index contributed by atoms with van der Waals surface area (Å²) in [5, 5.41) is 31.1. The van der Waals surface area contributed by atoms with Crippen LogP contribution in [0.1, 0.15) is 316 Å². The quantitative estimate of drug-likeness (QED) is 0.0257. The van der Waals surface area contributed by atoms with E-state index < -0.39 is 71.2 Å². The summed E-state index contributed by atoms with van der Waals surface area (Å²) >= 11 is 0. The zero-order valence-electron chi connectivity index (χ0n) is 47.3. The number of aliphatic hydroxyl groups is 3. The molecule has 4 N–H and O–H groups in total. The minimum atomic E-state index is -4.60. The minimum absolute atomic E-state index is 0.174. The van der Waals surface area contributed by atoms with E-state index in [0.717, 1.165) is 38.5 Å². The highest BCUT2D eigenvalue weighted by atomic mass is 32.2. The van der Waals surface area contributed by atoms with Crippen molar-refractivity contribution in [2.75, 3.05) is 19.0 Å². The van der Waals surface area contributed by atoms with Gasteiger partial charge in [0.25, 0.3) is 10.1 Å². The average molecular weight is 1060 g/mol. The lowest BCUT2D eigenvalue weighted by Gasteiger charge is -2.40. The number of esters is 2. The van der Waals surface area contributed by atoms with Gasteiger partial charge in [0.05, 0.1) is 6.61 Å². The Morgan fingerprint density at radius 2 is 0.699 bits per heavy atom. The van der Waals surface area contributed by atoms with E-state index in [9.17, 15) is 37.9 Å². The van der Waals surface area contributed by atoms with Crippen molar-refractivity contribution in [3.8, 4) is 0 Å². The van der Waals surface area contributed by atoms with E-state index in [-0.39, 0.29) is 19.4 Å². The van der Waals surface area contributed by atoms with Gasteiger partial charge < -0.3 is 34.3 Å². The third-order valence-electron chi connectivity index (χ3n) is 14.9. The molecule has 0 spiro atoms. The molecule has 13 heteroatoms. The SMILES string of the molecule is CCCCCCCCCCCCCCCCCCCCCCCCCC(=O)OC(COC(=O)CCCCCCCCCCCCCCCCCCCCCCCC)COC1OC(CS(=O)(=O)O)C(O)C(O)C1O. The molecular weight excluding hydrogens is 945 g/mol. The number of hydrogen-bond acceptors (Lipinski definition) is 11. The second kappa shape index (κ2) is 50.2. The first-order chi connectivity index (χ1) is 35.5. The molecule has 0 amide bonds. The van der Waals surface area contributed by atoms with Gasteiger partial charge in [-0.25, -0.2) is 0 Å². The zero-order valence-corrected chi connectivity index (χ0v) is 48.1. The van der Waals surface area contributed by atoms with Gasteiger partial charge in [-0.2, -0.15) is 8.42 Å². The van der Waals surface area contributed by atoms with Crippen molar-refractivity contribution < 1.29 is 56.8 Å². The van der Waals surface area contributed by atoms with E-state index in [1.165, 1.54) is 238 Å². The van der Waals surface area contributed by atoms with E-state index in [2.05, 4.69) is 13.8 Å². The molecular formula is C60H116O12S. The van der Waals surface area contributed by atoms with Crippen molar-refractivity contribution in [3.05, 3.63) is 0 Å². The first-order valence-corrected chi connectivity index (χ1v) is 32.7. The molecule has 0 aromatic carbocycles. The Labute approximate surface area is 448 Å². The maximum atomic E-state index is 12.9. The fourth-order valence-electron chi connectivity index (χ4n) is 10.2. The van der Waals surface area contributed by atoms with Gasteiger partial charge in [0.2, 0.25) is 0 Å². The number of rotatable bonds is 55. The molecule has 0 aromatic heterocycles. The van der Waals surface area contributed by atoms with E-state index in [0.29, 0.717) is 12.8 Å². The van der Waals surface area contributed by atoms with Crippen molar-refractivity contribution in [1.82, 2.24) is 0 Å². The van der Waals surface area contributed by atoms with Crippen LogP contribution in [0.2, 0.25) is 0 Å². The van der Waals surface area contributed by atoms with Crippen LogP contribution >= 0.6 is 0 Å². The summed E-state index contributed by atoms with van der Waals surface area (Å²) in [5.41, 5.74) is 0. The molecule has 1 heterocycles. The molecule has 0 aromatic rings. The third-order valence-corrected chi connectivity index (χ3v) is 15.7. The van der Waals surface area contributed by atoms with Crippen LogP contribution < -0.4 is 0 Å². The van der Waals surface area contributed by atoms with Gasteiger partial charge in [0.15, 0.2) is 12.4 Å². The predicted molar refractivity (Wildman–Crippen MR) is 298 cm³/mol. The van der Waals surface area contributed by atoms with Crippen LogP contribution in [0.4, 0.5) is 0 Å². The fraction of sp³-hybridized carbons (Fsp3) is 0.967.